The van der Waals surface area contributed by atoms with E-state index in [1.54, 1.807) is 18.9 Å². The number of anilines is 1. The quantitative estimate of drug-likeness (QED) is 0.902. The number of benzene rings is 1. The molecule has 0 saturated heterocycles. The van der Waals surface area contributed by atoms with Crippen molar-refractivity contribution in [2.45, 2.75) is 31.1 Å². The highest BCUT2D eigenvalue weighted by Gasteiger charge is 2.23. The molecule has 0 bridgehead atoms. The van der Waals surface area contributed by atoms with Gasteiger partial charge in [-0.2, -0.15) is 0 Å². The van der Waals surface area contributed by atoms with E-state index < -0.39 is 0 Å². The van der Waals surface area contributed by atoms with Crippen LogP contribution in [0.5, 0.6) is 5.75 Å². The molecule has 1 aromatic carbocycles. The maximum Gasteiger partial charge on any atom is 0.228 e. The number of ether oxygens (including phenoxy) is 1. The van der Waals surface area contributed by atoms with Gasteiger partial charge in [-0.25, -0.2) is 0 Å². The molecule has 1 aliphatic heterocycles. The lowest BCUT2D eigenvalue weighted by molar-refractivity contribution is -0.119. The van der Waals surface area contributed by atoms with Crippen LogP contribution in [0.1, 0.15) is 27.6 Å². The lowest BCUT2D eigenvalue weighted by Gasteiger charge is -2.11. The fourth-order valence-corrected chi connectivity index (χ4v) is 3.19. The van der Waals surface area contributed by atoms with Gasteiger partial charge < -0.3 is 10.1 Å². The molecular formula is C14H21NO2S. The number of hydrogen-bond donors (Lipinski definition) is 1. The van der Waals surface area contributed by atoms with E-state index in [0.29, 0.717) is 0 Å². The molecule has 1 unspecified atom stereocenters. The minimum absolute atomic E-state index is 0. The highest BCUT2D eigenvalue weighted by Crippen LogP contribution is 2.36. The first-order valence-corrected chi connectivity index (χ1v) is 7.35. The lowest BCUT2D eigenvalue weighted by Crippen LogP contribution is -2.23. The second-order valence-electron chi connectivity index (χ2n) is 4.50. The summed E-state index contributed by atoms with van der Waals surface area (Å²) in [6.45, 7) is 2.15. The Balaban J connectivity index is 0.00000180. The van der Waals surface area contributed by atoms with Gasteiger partial charge in [-0.3, -0.25) is 4.79 Å². The van der Waals surface area contributed by atoms with Gasteiger partial charge in [-0.15, -0.1) is 11.8 Å². The fourth-order valence-electron chi connectivity index (χ4n) is 2.02. The van der Waals surface area contributed by atoms with E-state index in [-0.39, 0.29) is 13.3 Å². The van der Waals surface area contributed by atoms with Crippen molar-refractivity contribution >= 4 is 23.4 Å². The van der Waals surface area contributed by atoms with E-state index in [9.17, 15) is 4.79 Å². The van der Waals surface area contributed by atoms with Gasteiger partial charge in [0.2, 0.25) is 5.91 Å². The predicted octanol–water partition coefficient (Wildman–Crippen LogP) is 3.79. The zero-order chi connectivity index (χ0) is 13.0. The van der Waals surface area contributed by atoms with Crippen LogP contribution in [0.15, 0.2) is 23.1 Å². The second-order valence-corrected chi connectivity index (χ2v) is 5.56. The molecule has 1 N–H and O–H groups in total. The highest BCUT2D eigenvalue weighted by molar-refractivity contribution is 7.99. The Morgan fingerprint density at radius 1 is 1.56 bits per heavy atom. The van der Waals surface area contributed by atoms with Crippen molar-refractivity contribution < 1.29 is 11.0 Å². The molecule has 1 atom stereocenters. The highest BCUT2D eigenvalue weighted by atomic mass is 32.2. The van der Waals surface area contributed by atoms with Crippen molar-refractivity contribution in [3.63, 3.8) is 0 Å². The van der Waals surface area contributed by atoms with Crippen molar-refractivity contribution in [3.8, 4) is 5.75 Å². The Morgan fingerprint density at radius 3 is 3.11 bits per heavy atom. The number of rotatable bonds is 4. The van der Waals surface area contributed by atoms with Crippen LogP contribution in [0.4, 0.5) is 5.69 Å². The van der Waals surface area contributed by atoms with E-state index in [1.807, 2.05) is 18.2 Å². The first-order chi connectivity index (χ1) is 8.74. The number of carbonyl (C=O) groups is 1. The molecule has 3 nitrogen and oxygen atoms in total. The van der Waals surface area contributed by atoms with Gasteiger partial charge in [0.25, 0.3) is 0 Å². The molecule has 1 heterocycles. The van der Waals surface area contributed by atoms with Crippen molar-refractivity contribution in [1.29, 1.82) is 0 Å². The largest absolute Gasteiger partial charge is 0.497 e. The topological polar surface area (TPSA) is 38.3 Å². The molecule has 1 aromatic rings. The van der Waals surface area contributed by atoms with E-state index in [2.05, 4.69) is 12.2 Å². The van der Waals surface area contributed by atoms with Crippen LogP contribution in [-0.4, -0.2) is 18.8 Å². The molecule has 100 valence electrons. The summed E-state index contributed by atoms with van der Waals surface area (Å²) in [5, 5.41) is 3.02. The van der Waals surface area contributed by atoms with Gasteiger partial charge in [0.05, 0.1) is 12.8 Å². The molecule has 1 amide bonds. The Morgan fingerprint density at radius 2 is 2.39 bits per heavy atom. The number of fused-ring (bicyclic) bond motifs is 1. The standard InChI is InChI=1S/C14H19NO2S.H2/c1-3-4-5-10-9-18-13-8-11(17-2)6-7-12(13)15-14(10)16;/h6-8,10H,3-5,9H2,1-2H3,(H,15,16);1H. The van der Waals surface area contributed by atoms with Crippen molar-refractivity contribution in [2.24, 2.45) is 5.92 Å². The maximum atomic E-state index is 12.1. The van der Waals surface area contributed by atoms with E-state index in [4.69, 9.17) is 4.74 Å². The number of carbonyl (C=O) groups excluding carboxylic acids is 1. The molecular weight excluding hydrogens is 246 g/mol. The zero-order valence-electron chi connectivity index (χ0n) is 10.9. The molecule has 4 heteroatoms. The van der Waals surface area contributed by atoms with Crippen LogP contribution in [0.3, 0.4) is 0 Å². The van der Waals surface area contributed by atoms with Crippen LogP contribution in [-0.2, 0) is 4.79 Å². The van der Waals surface area contributed by atoms with Gasteiger partial charge in [0, 0.05) is 18.0 Å². The van der Waals surface area contributed by atoms with Gasteiger partial charge in [0.15, 0.2) is 0 Å². The fraction of sp³-hybridized carbons (Fsp3) is 0.500. The van der Waals surface area contributed by atoms with Gasteiger partial charge in [-0.05, 0) is 24.6 Å². The number of nitrogens with one attached hydrogen (secondary N) is 1. The summed E-state index contributed by atoms with van der Waals surface area (Å²) < 4.78 is 5.21. The van der Waals surface area contributed by atoms with Gasteiger partial charge in [-0.1, -0.05) is 19.8 Å². The minimum Gasteiger partial charge on any atom is -0.497 e. The first kappa shape index (κ1) is 13.3. The second kappa shape index (κ2) is 6.14. The number of methoxy groups -OCH3 is 1. The van der Waals surface area contributed by atoms with Crippen LogP contribution in [0, 0.1) is 5.92 Å². The SMILES string of the molecule is CCCCC1CSc2cc(OC)ccc2NC1=O.[HH]. The average molecular weight is 267 g/mol. The summed E-state index contributed by atoms with van der Waals surface area (Å²) in [6, 6.07) is 5.79. The molecule has 0 fully saturated rings. The Hall–Kier alpha value is -1.16. The Bertz CT molecular complexity index is 439. The molecule has 0 aromatic heterocycles. The van der Waals surface area contributed by atoms with Gasteiger partial charge >= 0.3 is 0 Å². The summed E-state index contributed by atoms with van der Waals surface area (Å²) in [4.78, 5) is 13.2. The Labute approximate surface area is 114 Å². The summed E-state index contributed by atoms with van der Waals surface area (Å²) in [7, 11) is 1.66. The Kier molecular flexibility index (Phi) is 4.53. The third-order valence-corrected chi connectivity index (χ3v) is 4.38. The first-order valence-electron chi connectivity index (χ1n) is 6.36. The third-order valence-electron chi connectivity index (χ3n) is 3.16. The number of unbranched alkanes of at least 4 members (excludes halogenated alkanes) is 1. The smallest absolute Gasteiger partial charge is 0.228 e. The molecule has 0 radical (unpaired) electrons. The lowest BCUT2D eigenvalue weighted by atomic mass is 10.0. The summed E-state index contributed by atoms with van der Waals surface area (Å²) in [5.41, 5.74) is 0.907. The molecule has 2 rings (SSSR count). The molecule has 0 spiro atoms. The minimum atomic E-state index is 0. The normalized spacial score (nSPS) is 18.8. The molecule has 1 aliphatic rings. The number of amides is 1. The third kappa shape index (κ3) is 2.99. The summed E-state index contributed by atoms with van der Waals surface area (Å²) in [6.07, 6.45) is 3.22. The monoisotopic (exact) mass is 267 g/mol. The van der Waals surface area contributed by atoms with Crippen LogP contribution < -0.4 is 10.1 Å². The zero-order valence-corrected chi connectivity index (χ0v) is 11.7. The average Bonchev–Trinajstić information content (AvgIpc) is 2.54. The maximum absolute atomic E-state index is 12.1. The number of thioether (sulfide) groups is 1. The van der Waals surface area contributed by atoms with Crippen molar-refractivity contribution in [3.05, 3.63) is 18.2 Å². The summed E-state index contributed by atoms with van der Waals surface area (Å²) in [5.74, 6) is 1.96. The van der Waals surface area contributed by atoms with Crippen LogP contribution in [0.2, 0.25) is 0 Å². The van der Waals surface area contributed by atoms with Crippen molar-refractivity contribution in [2.75, 3.05) is 18.2 Å². The van der Waals surface area contributed by atoms with E-state index in [1.165, 1.54) is 0 Å². The number of hydrogen-bond acceptors (Lipinski definition) is 3. The molecule has 0 saturated carbocycles. The van der Waals surface area contributed by atoms with Crippen molar-refractivity contribution in [1.82, 2.24) is 0 Å². The van der Waals surface area contributed by atoms with Crippen LogP contribution >= 0.6 is 11.8 Å². The van der Waals surface area contributed by atoms with Gasteiger partial charge in [0.1, 0.15) is 5.75 Å². The van der Waals surface area contributed by atoms with E-state index >= 15 is 0 Å². The summed E-state index contributed by atoms with van der Waals surface area (Å²) >= 11 is 1.74. The predicted molar refractivity (Wildman–Crippen MR) is 77.5 cm³/mol. The van der Waals surface area contributed by atoms with Crippen LogP contribution in [0.25, 0.3) is 0 Å². The molecule has 0 aliphatic carbocycles. The van der Waals surface area contributed by atoms with E-state index in [0.717, 1.165) is 41.3 Å². The molecule has 18 heavy (non-hydrogen) atoms.